The van der Waals surface area contributed by atoms with Gasteiger partial charge in [0.25, 0.3) is 0 Å². The predicted octanol–water partition coefficient (Wildman–Crippen LogP) is 13.9. The highest BCUT2D eigenvalue weighted by molar-refractivity contribution is 6.21. The number of benzene rings is 6. The molecule has 0 heteroatoms. The van der Waals surface area contributed by atoms with Gasteiger partial charge in [0.1, 0.15) is 0 Å². The van der Waals surface area contributed by atoms with Crippen LogP contribution < -0.4 is 0 Å². The van der Waals surface area contributed by atoms with E-state index < -0.39 is 0 Å². The fourth-order valence-electron chi connectivity index (χ4n) is 10.7. The molecule has 258 valence electrons. The van der Waals surface area contributed by atoms with Crippen LogP contribution in [0.4, 0.5) is 0 Å². The summed E-state index contributed by atoms with van der Waals surface area (Å²) in [6.45, 7) is 23.6. The number of fused-ring (bicyclic) bond motifs is 7. The molecule has 1 atom stereocenters. The minimum Gasteiger partial charge on any atom is -0.0619 e. The Hall–Kier alpha value is -4.94. The highest BCUT2D eigenvalue weighted by Gasteiger charge is 2.59. The fraction of sp³-hybridized carbons (Fsp3) is 0.269. The average Bonchev–Trinajstić information content (AvgIpc) is 3.58. The zero-order chi connectivity index (χ0) is 36.5. The van der Waals surface area contributed by atoms with Crippen molar-refractivity contribution < 1.29 is 0 Å². The van der Waals surface area contributed by atoms with E-state index >= 15 is 0 Å². The van der Waals surface area contributed by atoms with Crippen LogP contribution in [0, 0.1) is 33.1 Å². The van der Waals surface area contributed by atoms with Gasteiger partial charge in [-0.1, -0.05) is 161 Å². The monoisotopic (exact) mass is 674 g/mol. The van der Waals surface area contributed by atoms with Gasteiger partial charge in [0.2, 0.25) is 0 Å². The molecule has 0 radical (unpaired) electrons. The SMILES string of the molecule is Cc1cc(C)cc(C2=C3C(=Cc4ccccc43)C2(c2ccc3c(C(C)(C)C)c4c(c(-c5cc(C)cc(C)c5)c3c2)-c2ccccc2C4)C(C)(C)C)c1. The van der Waals surface area contributed by atoms with Gasteiger partial charge in [0.05, 0.1) is 5.41 Å². The molecule has 3 aliphatic rings. The molecule has 52 heavy (non-hydrogen) atoms. The molecule has 9 rings (SSSR count). The van der Waals surface area contributed by atoms with Gasteiger partial charge in [0.15, 0.2) is 0 Å². The molecule has 0 aliphatic heterocycles. The largest absolute Gasteiger partial charge is 0.0619 e. The van der Waals surface area contributed by atoms with Crippen molar-refractivity contribution >= 4 is 28.0 Å². The maximum atomic E-state index is 2.63. The van der Waals surface area contributed by atoms with Crippen molar-refractivity contribution in [3.05, 3.63) is 170 Å². The van der Waals surface area contributed by atoms with E-state index in [1.165, 1.54) is 111 Å². The summed E-state index contributed by atoms with van der Waals surface area (Å²) in [4.78, 5) is 0. The summed E-state index contributed by atoms with van der Waals surface area (Å²) >= 11 is 0. The van der Waals surface area contributed by atoms with Gasteiger partial charge < -0.3 is 0 Å². The summed E-state index contributed by atoms with van der Waals surface area (Å²) in [5, 5.41) is 2.76. The van der Waals surface area contributed by atoms with Crippen LogP contribution in [0.15, 0.2) is 109 Å². The number of hydrogen-bond acceptors (Lipinski definition) is 0. The lowest BCUT2D eigenvalue weighted by Crippen LogP contribution is -2.48. The first-order chi connectivity index (χ1) is 24.7. The Labute approximate surface area is 311 Å². The summed E-state index contributed by atoms with van der Waals surface area (Å²) < 4.78 is 0. The summed E-state index contributed by atoms with van der Waals surface area (Å²) in [6.07, 6.45) is 3.49. The van der Waals surface area contributed by atoms with Crippen LogP contribution in [-0.4, -0.2) is 0 Å². The first-order valence-corrected chi connectivity index (χ1v) is 19.1. The zero-order valence-electron chi connectivity index (χ0n) is 32.6. The van der Waals surface area contributed by atoms with Crippen LogP contribution in [0.2, 0.25) is 0 Å². The Balaban J connectivity index is 1.45. The van der Waals surface area contributed by atoms with Gasteiger partial charge in [0, 0.05) is 0 Å². The molecule has 0 spiro atoms. The molecule has 0 nitrogen and oxygen atoms in total. The molecule has 0 saturated heterocycles. The van der Waals surface area contributed by atoms with Gasteiger partial charge in [-0.2, -0.15) is 0 Å². The van der Waals surface area contributed by atoms with Gasteiger partial charge in [-0.05, 0) is 146 Å². The van der Waals surface area contributed by atoms with Crippen LogP contribution in [0.3, 0.4) is 0 Å². The van der Waals surface area contributed by atoms with Crippen LogP contribution in [-0.2, 0) is 17.3 Å². The smallest absolute Gasteiger partial charge is 0.0518 e. The summed E-state index contributed by atoms with van der Waals surface area (Å²) in [7, 11) is 0. The third kappa shape index (κ3) is 4.52. The van der Waals surface area contributed by atoms with Gasteiger partial charge in [-0.15, -0.1) is 0 Å². The average molecular weight is 675 g/mol. The number of rotatable bonds is 3. The Morgan fingerprint density at radius 2 is 1.15 bits per heavy atom. The maximum Gasteiger partial charge on any atom is 0.0518 e. The molecule has 6 aromatic carbocycles. The zero-order valence-corrected chi connectivity index (χ0v) is 32.6. The lowest BCUT2D eigenvalue weighted by molar-refractivity contribution is 0.285. The molecule has 1 unspecified atom stereocenters. The van der Waals surface area contributed by atoms with E-state index in [-0.39, 0.29) is 16.2 Å². The fourth-order valence-corrected chi connectivity index (χ4v) is 10.7. The number of hydrogen-bond donors (Lipinski definition) is 0. The minimum absolute atomic E-state index is 0.0297. The molecule has 0 fully saturated rings. The molecular weight excluding hydrogens is 625 g/mol. The standard InChI is InChI=1S/C52H50/c1-30-21-31(2)24-36(23-30)45-42-29-38(19-20-41(42)49(50(5,6)7)43-27-34-15-11-13-17-39(34)46(43)45)52(51(8,9)10)44-28-35-16-12-14-18-40(35)47(44)48(52)37-25-32(3)22-33(4)26-37/h11-26,28-29H,27H2,1-10H3. The maximum absolute atomic E-state index is 2.63. The van der Waals surface area contributed by atoms with E-state index in [9.17, 15) is 0 Å². The topological polar surface area (TPSA) is 0 Å². The van der Waals surface area contributed by atoms with Crippen molar-refractivity contribution in [3.63, 3.8) is 0 Å². The lowest BCUT2D eigenvalue weighted by atomic mass is 9.45. The van der Waals surface area contributed by atoms with Gasteiger partial charge in [-0.3, -0.25) is 0 Å². The van der Waals surface area contributed by atoms with Crippen LogP contribution in [0.1, 0.15) is 103 Å². The molecule has 0 heterocycles. The Kier molecular flexibility index (Phi) is 6.99. The quantitative estimate of drug-likeness (QED) is 0.175. The highest BCUT2D eigenvalue weighted by Crippen LogP contribution is 2.70. The van der Waals surface area contributed by atoms with Crippen LogP contribution >= 0.6 is 0 Å². The van der Waals surface area contributed by atoms with Crippen molar-refractivity contribution in [2.24, 2.45) is 5.41 Å². The van der Waals surface area contributed by atoms with Crippen LogP contribution in [0.25, 0.3) is 50.2 Å². The summed E-state index contributed by atoms with van der Waals surface area (Å²) in [5.41, 5.74) is 24.6. The molecule has 0 bridgehead atoms. The predicted molar refractivity (Wildman–Crippen MR) is 224 cm³/mol. The Bertz CT molecular complexity index is 2540. The van der Waals surface area contributed by atoms with Crippen LogP contribution in [0.5, 0.6) is 0 Å². The van der Waals surface area contributed by atoms with E-state index in [0.717, 1.165) is 6.42 Å². The molecule has 3 aliphatic carbocycles. The van der Waals surface area contributed by atoms with E-state index in [0.29, 0.717) is 0 Å². The van der Waals surface area contributed by atoms with E-state index in [1.807, 2.05) is 0 Å². The summed E-state index contributed by atoms with van der Waals surface area (Å²) in [6, 6.07) is 40.1. The second kappa shape index (κ2) is 11.0. The van der Waals surface area contributed by atoms with E-state index in [1.54, 1.807) is 0 Å². The first kappa shape index (κ1) is 32.9. The first-order valence-electron chi connectivity index (χ1n) is 19.1. The number of allylic oxidation sites excluding steroid dienone is 3. The second-order valence-electron chi connectivity index (χ2n) is 18.1. The normalized spacial score (nSPS) is 17.5. The van der Waals surface area contributed by atoms with Crippen molar-refractivity contribution in [1.82, 2.24) is 0 Å². The minimum atomic E-state index is -0.311. The van der Waals surface area contributed by atoms with Gasteiger partial charge in [-0.25, -0.2) is 0 Å². The third-order valence-electron chi connectivity index (χ3n) is 12.2. The van der Waals surface area contributed by atoms with Crippen molar-refractivity contribution in [2.75, 3.05) is 0 Å². The molecule has 0 amide bonds. The van der Waals surface area contributed by atoms with Crippen molar-refractivity contribution in [1.29, 1.82) is 0 Å². The van der Waals surface area contributed by atoms with E-state index in [2.05, 4.69) is 178 Å². The Morgan fingerprint density at radius 3 is 1.79 bits per heavy atom. The molecule has 0 N–H and O–H groups in total. The lowest BCUT2D eigenvalue weighted by Gasteiger charge is -2.56. The number of aryl methyl sites for hydroxylation is 4. The van der Waals surface area contributed by atoms with Crippen molar-refractivity contribution in [3.8, 4) is 22.3 Å². The summed E-state index contributed by atoms with van der Waals surface area (Å²) in [5.74, 6) is 0. The van der Waals surface area contributed by atoms with Gasteiger partial charge >= 0.3 is 0 Å². The highest BCUT2D eigenvalue weighted by atomic mass is 14.6. The van der Waals surface area contributed by atoms with E-state index in [4.69, 9.17) is 0 Å². The van der Waals surface area contributed by atoms with Crippen molar-refractivity contribution in [2.45, 2.75) is 86.5 Å². The molecular formula is C52H50. The molecule has 6 aromatic rings. The Morgan fingerprint density at radius 1 is 0.558 bits per heavy atom. The molecule has 0 saturated carbocycles. The second-order valence-corrected chi connectivity index (χ2v) is 18.1. The molecule has 0 aromatic heterocycles. The third-order valence-corrected chi connectivity index (χ3v) is 12.2.